The number of fused-ring (bicyclic) bond motifs is 5. The van der Waals surface area contributed by atoms with E-state index < -0.39 is 0 Å². The third-order valence-electron chi connectivity index (χ3n) is 11.2. The fourth-order valence-corrected chi connectivity index (χ4v) is 9.20. The van der Waals surface area contributed by atoms with E-state index in [4.69, 9.17) is 5.73 Å². The third kappa shape index (κ3) is 3.71. The van der Waals surface area contributed by atoms with E-state index in [0.717, 1.165) is 44.1 Å². The van der Waals surface area contributed by atoms with Crippen LogP contribution in [-0.4, -0.2) is 16.7 Å². The zero-order valence-electron chi connectivity index (χ0n) is 21.4. The molecule has 186 valence electrons. The Labute approximate surface area is 205 Å². The molecular weight excluding hydrogens is 420 g/mol. The minimum absolute atomic E-state index is 0.0376. The second kappa shape index (κ2) is 8.85. The van der Waals surface area contributed by atoms with Crippen molar-refractivity contribution < 1.29 is 5.11 Å². The van der Waals surface area contributed by atoms with Gasteiger partial charge in [0.1, 0.15) is 0 Å². The van der Waals surface area contributed by atoms with Crippen molar-refractivity contribution >= 4 is 0 Å². The molecule has 4 nitrogen and oxygen atoms in total. The molecule has 4 heteroatoms. The minimum atomic E-state index is -0.361. The summed E-state index contributed by atoms with van der Waals surface area (Å²) in [7, 11) is 0. The number of rotatable bonds is 6. The van der Waals surface area contributed by atoms with E-state index in [-0.39, 0.29) is 23.1 Å². The molecule has 0 saturated heterocycles. The van der Waals surface area contributed by atoms with Gasteiger partial charge in [-0.15, -0.1) is 0 Å². The Balaban J connectivity index is 1.28. The number of nitrogens with two attached hydrogens (primary N) is 1. The van der Waals surface area contributed by atoms with Crippen molar-refractivity contribution in [2.75, 3.05) is 0 Å². The highest BCUT2D eigenvalue weighted by Crippen LogP contribution is 2.67. The highest BCUT2D eigenvalue weighted by molar-refractivity contribution is 5.31. The van der Waals surface area contributed by atoms with Crippen LogP contribution in [0.3, 0.4) is 0 Å². The summed E-state index contributed by atoms with van der Waals surface area (Å²) in [5, 5.41) is 14.2. The largest absolute Gasteiger partial charge is 0.388 e. The van der Waals surface area contributed by atoms with Crippen LogP contribution in [0.5, 0.6) is 0 Å². The summed E-state index contributed by atoms with van der Waals surface area (Å²) in [5.41, 5.74) is 11.5. The molecule has 0 amide bonds. The predicted molar refractivity (Wildman–Crippen MR) is 138 cm³/mol. The lowest BCUT2D eigenvalue weighted by molar-refractivity contribution is -0.0623. The van der Waals surface area contributed by atoms with Crippen LogP contribution in [0.2, 0.25) is 0 Å². The number of aryl methyl sites for hydroxylation is 1. The Morgan fingerprint density at radius 1 is 1.12 bits per heavy atom. The Morgan fingerprint density at radius 2 is 1.91 bits per heavy atom. The van der Waals surface area contributed by atoms with Crippen molar-refractivity contribution in [1.82, 2.24) is 0 Å². The molecular formula is C30H44N2O2. The topological polar surface area (TPSA) is 75.7 Å². The fourth-order valence-electron chi connectivity index (χ4n) is 9.20. The van der Waals surface area contributed by atoms with Crippen molar-refractivity contribution in [3.05, 3.63) is 51.9 Å². The molecule has 3 fully saturated rings. The summed E-state index contributed by atoms with van der Waals surface area (Å²) in [6.45, 7) is 7.06. The van der Waals surface area contributed by atoms with Crippen LogP contribution in [-0.2, 0) is 0 Å². The van der Waals surface area contributed by atoms with Gasteiger partial charge >= 0.3 is 0 Å². The van der Waals surface area contributed by atoms with Gasteiger partial charge in [-0.1, -0.05) is 61.4 Å². The first-order chi connectivity index (χ1) is 16.2. The molecule has 1 aromatic carbocycles. The molecule has 0 radical (unpaired) electrons. The lowest BCUT2D eigenvalue weighted by Crippen LogP contribution is -2.66. The van der Waals surface area contributed by atoms with Gasteiger partial charge in [0, 0.05) is 5.54 Å². The van der Waals surface area contributed by atoms with E-state index in [0.29, 0.717) is 23.2 Å². The minimum Gasteiger partial charge on any atom is -0.388 e. The molecule has 3 N–H and O–H groups in total. The zero-order valence-corrected chi connectivity index (χ0v) is 21.4. The van der Waals surface area contributed by atoms with Gasteiger partial charge in [-0.05, 0) is 111 Å². The number of benzene rings is 1. The maximum Gasteiger partial charge on any atom is 0.0957 e. The number of aliphatic hydroxyl groups is 1. The Kier molecular flexibility index (Phi) is 6.30. The van der Waals surface area contributed by atoms with Gasteiger partial charge in [-0.2, -0.15) is 4.91 Å². The van der Waals surface area contributed by atoms with Crippen molar-refractivity contribution in [2.45, 2.75) is 109 Å². The summed E-state index contributed by atoms with van der Waals surface area (Å²) in [4.78, 5) is 11.2. The molecule has 0 spiro atoms. The maximum atomic E-state index is 11.2. The van der Waals surface area contributed by atoms with E-state index >= 15 is 0 Å². The Morgan fingerprint density at radius 3 is 2.68 bits per heavy atom. The molecule has 8 atom stereocenters. The summed E-state index contributed by atoms with van der Waals surface area (Å²) in [6.07, 6.45) is 14.0. The van der Waals surface area contributed by atoms with Gasteiger partial charge in [0.15, 0.2) is 0 Å². The van der Waals surface area contributed by atoms with E-state index in [9.17, 15) is 10.0 Å². The van der Waals surface area contributed by atoms with Gasteiger partial charge in [-0.25, -0.2) is 0 Å². The average molecular weight is 465 g/mol. The molecule has 0 bridgehead atoms. The van der Waals surface area contributed by atoms with Crippen LogP contribution in [0, 0.1) is 40.4 Å². The first kappa shape index (κ1) is 24.2. The van der Waals surface area contributed by atoms with Gasteiger partial charge in [0.2, 0.25) is 0 Å². The molecule has 3 saturated carbocycles. The van der Waals surface area contributed by atoms with Crippen LogP contribution in [0.25, 0.3) is 0 Å². The lowest BCUT2D eigenvalue weighted by Gasteiger charge is -2.63. The molecule has 4 aliphatic carbocycles. The van der Waals surface area contributed by atoms with Gasteiger partial charge in [0.25, 0.3) is 0 Å². The van der Waals surface area contributed by atoms with Crippen LogP contribution < -0.4 is 5.73 Å². The highest BCUT2D eigenvalue weighted by atomic mass is 16.3. The van der Waals surface area contributed by atoms with E-state index in [1.54, 1.807) is 0 Å². The van der Waals surface area contributed by atoms with Crippen molar-refractivity contribution in [3.8, 4) is 0 Å². The normalized spacial score (nSPS) is 42.2. The van der Waals surface area contributed by atoms with Crippen LogP contribution in [0.15, 0.2) is 41.1 Å². The smallest absolute Gasteiger partial charge is 0.0957 e. The van der Waals surface area contributed by atoms with E-state index in [2.05, 4.69) is 44.2 Å². The van der Waals surface area contributed by atoms with E-state index in [1.807, 2.05) is 12.1 Å². The third-order valence-corrected chi connectivity index (χ3v) is 11.2. The van der Waals surface area contributed by atoms with Crippen LogP contribution in [0.4, 0.5) is 0 Å². The van der Waals surface area contributed by atoms with Crippen molar-refractivity contribution in [3.63, 3.8) is 0 Å². The second-order valence-electron chi connectivity index (χ2n) is 12.7. The summed E-state index contributed by atoms with van der Waals surface area (Å²) < 4.78 is 0. The number of aliphatic hydroxyl groups excluding tert-OH is 1. The second-order valence-corrected chi connectivity index (χ2v) is 12.7. The van der Waals surface area contributed by atoms with Gasteiger partial charge in [0.05, 0.1) is 12.1 Å². The number of hydrogen-bond donors (Lipinski definition) is 2. The molecule has 1 aromatic rings. The average Bonchev–Trinajstić information content (AvgIpc) is 3.16. The first-order valence-electron chi connectivity index (χ1n) is 13.8. The van der Waals surface area contributed by atoms with Crippen molar-refractivity contribution in [2.24, 2.45) is 39.5 Å². The molecule has 0 heterocycles. The maximum absolute atomic E-state index is 11.2. The molecule has 4 aliphatic rings. The predicted octanol–water partition coefficient (Wildman–Crippen LogP) is 6.99. The molecule has 0 aromatic heterocycles. The number of hydrogen-bond acceptors (Lipinski definition) is 4. The Hall–Kier alpha value is -1.52. The molecule has 5 rings (SSSR count). The SMILES string of the molecule is Cc1ccccc1C(O)CCCC1CCC2C1(C)CCC1C3(C)CCC(N=O)CC3=CCC12N. The lowest BCUT2D eigenvalue weighted by atomic mass is 9.44. The zero-order chi connectivity index (χ0) is 24.1. The highest BCUT2D eigenvalue weighted by Gasteiger charge is 2.63. The van der Waals surface area contributed by atoms with Crippen molar-refractivity contribution in [1.29, 1.82) is 0 Å². The monoisotopic (exact) mass is 464 g/mol. The molecule has 0 aliphatic heterocycles. The first-order valence-corrected chi connectivity index (χ1v) is 13.8. The standard InChI is InChI=1S/C30H44N2O2/c1-20-7-4-5-9-24(20)25(33)10-6-8-21-11-12-26-28(21,2)17-15-27-29(3)16-14-23(32-34)19-22(29)13-18-30(26,27)31/h4-5,7,9,13,21,23,25-27,33H,6,8,10-12,14-19,31H2,1-3H3. The number of nitrogens with zero attached hydrogens (tertiary/aromatic N) is 1. The van der Waals surface area contributed by atoms with Crippen LogP contribution in [0.1, 0.15) is 102 Å². The van der Waals surface area contributed by atoms with Crippen LogP contribution >= 0.6 is 0 Å². The van der Waals surface area contributed by atoms with E-state index in [1.165, 1.54) is 43.2 Å². The Bertz CT molecular complexity index is 959. The molecule has 34 heavy (non-hydrogen) atoms. The van der Waals surface area contributed by atoms with Gasteiger partial charge in [-0.3, -0.25) is 0 Å². The summed E-state index contributed by atoms with van der Waals surface area (Å²) >= 11 is 0. The fraction of sp³-hybridized carbons (Fsp3) is 0.733. The van der Waals surface area contributed by atoms with Gasteiger partial charge < -0.3 is 10.8 Å². The quantitative estimate of drug-likeness (QED) is 0.352. The summed E-state index contributed by atoms with van der Waals surface area (Å²) in [6, 6.07) is 8.19. The number of nitroso groups, excluding NO2 is 1. The molecule has 8 unspecified atom stereocenters. The summed E-state index contributed by atoms with van der Waals surface area (Å²) in [5.74, 6) is 1.80.